The van der Waals surface area contributed by atoms with Crippen LogP contribution in [0.15, 0.2) is 71.8 Å². The molecule has 0 aromatic heterocycles. The van der Waals surface area contributed by atoms with Gasteiger partial charge in [-0.25, -0.2) is 5.43 Å². The Labute approximate surface area is 141 Å². The number of carbonyl (C=O) groups is 1. The number of anilines is 1. The molecule has 4 nitrogen and oxygen atoms in total. The molecule has 0 unspecified atom stereocenters. The van der Waals surface area contributed by atoms with E-state index in [-0.39, 0.29) is 5.91 Å². The van der Waals surface area contributed by atoms with Crippen LogP contribution >= 0.6 is 0 Å². The second kappa shape index (κ2) is 6.96. The molecule has 1 amide bonds. The van der Waals surface area contributed by atoms with Crippen molar-refractivity contribution in [1.82, 2.24) is 5.43 Å². The van der Waals surface area contributed by atoms with E-state index in [1.807, 2.05) is 79.7 Å². The molecule has 1 N–H and O–H groups in total. The van der Waals surface area contributed by atoms with Crippen LogP contribution < -0.4 is 10.3 Å². The molecule has 0 aliphatic rings. The lowest BCUT2D eigenvalue weighted by molar-refractivity contribution is 0.0955. The number of hydrazone groups is 1. The van der Waals surface area contributed by atoms with Crippen LogP contribution in [0.25, 0.3) is 10.8 Å². The minimum atomic E-state index is -0.220. The van der Waals surface area contributed by atoms with E-state index in [1.165, 1.54) is 0 Å². The van der Waals surface area contributed by atoms with Crippen LogP contribution in [-0.4, -0.2) is 26.2 Å². The monoisotopic (exact) mass is 317 g/mol. The summed E-state index contributed by atoms with van der Waals surface area (Å²) in [6.07, 6.45) is 1.64. The average Bonchev–Trinajstić information content (AvgIpc) is 2.61. The number of nitrogens with one attached hydrogen (secondary N) is 1. The summed E-state index contributed by atoms with van der Waals surface area (Å²) in [7, 11) is 3.99. The van der Waals surface area contributed by atoms with E-state index < -0.39 is 0 Å². The molecule has 0 heterocycles. The van der Waals surface area contributed by atoms with Crippen LogP contribution in [0.1, 0.15) is 15.9 Å². The molecule has 3 aromatic rings. The first-order chi connectivity index (χ1) is 11.6. The first kappa shape index (κ1) is 15.7. The fraction of sp³-hybridized carbons (Fsp3) is 0.100. The summed E-state index contributed by atoms with van der Waals surface area (Å²) in [5.74, 6) is -0.220. The van der Waals surface area contributed by atoms with Gasteiger partial charge in [0.15, 0.2) is 0 Å². The van der Waals surface area contributed by atoms with Crippen LogP contribution in [0.4, 0.5) is 5.69 Å². The van der Waals surface area contributed by atoms with Gasteiger partial charge in [0.25, 0.3) is 5.91 Å². The Morgan fingerprint density at radius 1 is 0.958 bits per heavy atom. The lowest BCUT2D eigenvalue weighted by Crippen LogP contribution is -2.17. The standard InChI is InChI=1S/C20H19N3O/c1-23(2)19-11-7-15(8-12-19)14-21-22-20(24)18-10-9-16-5-3-4-6-17(16)13-18/h3-14H,1-2H3,(H,22,24)/b21-14+. The maximum atomic E-state index is 12.2. The van der Waals surface area contributed by atoms with Crippen LogP contribution in [0.3, 0.4) is 0 Å². The van der Waals surface area contributed by atoms with Gasteiger partial charge < -0.3 is 4.90 Å². The van der Waals surface area contributed by atoms with Crippen molar-refractivity contribution in [3.63, 3.8) is 0 Å². The summed E-state index contributed by atoms with van der Waals surface area (Å²) in [4.78, 5) is 14.2. The summed E-state index contributed by atoms with van der Waals surface area (Å²) in [5.41, 5.74) is 5.21. The van der Waals surface area contributed by atoms with Gasteiger partial charge in [-0.3, -0.25) is 4.79 Å². The van der Waals surface area contributed by atoms with E-state index in [9.17, 15) is 4.79 Å². The summed E-state index contributed by atoms with van der Waals surface area (Å²) in [5, 5.41) is 6.18. The largest absolute Gasteiger partial charge is 0.378 e. The summed E-state index contributed by atoms with van der Waals surface area (Å²) < 4.78 is 0. The van der Waals surface area contributed by atoms with Crippen molar-refractivity contribution in [3.8, 4) is 0 Å². The Morgan fingerprint density at radius 3 is 2.38 bits per heavy atom. The Bertz CT molecular complexity index is 883. The molecule has 0 atom stereocenters. The van der Waals surface area contributed by atoms with E-state index in [1.54, 1.807) is 12.3 Å². The number of carbonyl (C=O) groups excluding carboxylic acids is 1. The Balaban J connectivity index is 1.67. The molecule has 0 saturated carbocycles. The number of amides is 1. The van der Waals surface area contributed by atoms with Crippen LogP contribution in [0.5, 0.6) is 0 Å². The van der Waals surface area contributed by atoms with Gasteiger partial charge in [-0.15, -0.1) is 0 Å². The molecule has 0 radical (unpaired) electrons. The molecule has 3 aromatic carbocycles. The number of rotatable bonds is 4. The lowest BCUT2D eigenvalue weighted by Gasteiger charge is -2.11. The third-order valence-corrected chi connectivity index (χ3v) is 3.80. The van der Waals surface area contributed by atoms with Gasteiger partial charge in [0.2, 0.25) is 0 Å². The minimum absolute atomic E-state index is 0.220. The highest BCUT2D eigenvalue weighted by molar-refractivity contribution is 5.98. The molecule has 0 aliphatic heterocycles. The van der Waals surface area contributed by atoms with Crippen molar-refractivity contribution in [2.24, 2.45) is 5.10 Å². The zero-order valence-corrected chi connectivity index (χ0v) is 13.7. The van der Waals surface area contributed by atoms with Gasteiger partial charge >= 0.3 is 0 Å². The molecule has 120 valence electrons. The summed E-state index contributed by atoms with van der Waals surface area (Å²) in [6.45, 7) is 0. The Hall–Kier alpha value is -3.14. The molecule has 3 rings (SSSR count). The Morgan fingerprint density at radius 2 is 1.67 bits per heavy atom. The van der Waals surface area contributed by atoms with Gasteiger partial charge in [0, 0.05) is 25.3 Å². The number of benzene rings is 3. The van der Waals surface area contributed by atoms with Crippen LogP contribution in [0.2, 0.25) is 0 Å². The van der Waals surface area contributed by atoms with Crippen molar-refractivity contribution >= 4 is 28.6 Å². The zero-order chi connectivity index (χ0) is 16.9. The average molecular weight is 317 g/mol. The third-order valence-electron chi connectivity index (χ3n) is 3.80. The number of hydrogen-bond donors (Lipinski definition) is 1. The highest BCUT2D eigenvalue weighted by Crippen LogP contribution is 2.15. The van der Waals surface area contributed by atoms with E-state index >= 15 is 0 Å². The van der Waals surface area contributed by atoms with E-state index in [4.69, 9.17) is 0 Å². The van der Waals surface area contributed by atoms with Crippen LogP contribution in [0, 0.1) is 0 Å². The molecule has 0 aliphatic carbocycles. The van der Waals surface area contributed by atoms with Crippen molar-refractivity contribution in [2.75, 3.05) is 19.0 Å². The summed E-state index contributed by atoms with van der Waals surface area (Å²) >= 11 is 0. The normalized spacial score (nSPS) is 10.9. The number of nitrogens with zero attached hydrogens (tertiary/aromatic N) is 2. The SMILES string of the molecule is CN(C)c1ccc(/C=N/NC(=O)c2ccc3ccccc3c2)cc1. The van der Waals surface area contributed by atoms with E-state index in [0.29, 0.717) is 5.56 Å². The van der Waals surface area contributed by atoms with E-state index in [0.717, 1.165) is 22.0 Å². The highest BCUT2D eigenvalue weighted by Gasteiger charge is 2.04. The maximum Gasteiger partial charge on any atom is 0.271 e. The van der Waals surface area contributed by atoms with Crippen molar-refractivity contribution < 1.29 is 4.79 Å². The first-order valence-corrected chi connectivity index (χ1v) is 7.73. The predicted octanol–water partition coefficient (Wildman–Crippen LogP) is 3.67. The van der Waals surface area contributed by atoms with Gasteiger partial charge in [-0.05, 0) is 40.6 Å². The number of fused-ring (bicyclic) bond motifs is 1. The van der Waals surface area contributed by atoms with Crippen molar-refractivity contribution in [1.29, 1.82) is 0 Å². The third kappa shape index (κ3) is 3.60. The molecule has 24 heavy (non-hydrogen) atoms. The second-order valence-electron chi connectivity index (χ2n) is 5.75. The topological polar surface area (TPSA) is 44.7 Å². The molecule has 0 saturated heterocycles. The Kier molecular flexibility index (Phi) is 4.57. The predicted molar refractivity (Wildman–Crippen MR) is 99.8 cm³/mol. The zero-order valence-electron chi connectivity index (χ0n) is 13.7. The molecule has 4 heteroatoms. The smallest absolute Gasteiger partial charge is 0.271 e. The fourth-order valence-electron chi connectivity index (χ4n) is 2.42. The van der Waals surface area contributed by atoms with E-state index in [2.05, 4.69) is 10.5 Å². The molecular weight excluding hydrogens is 298 g/mol. The first-order valence-electron chi connectivity index (χ1n) is 7.73. The van der Waals surface area contributed by atoms with Gasteiger partial charge in [-0.2, -0.15) is 5.10 Å². The lowest BCUT2D eigenvalue weighted by atomic mass is 10.1. The highest BCUT2D eigenvalue weighted by atomic mass is 16.2. The number of hydrogen-bond acceptors (Lipinski definition) is 3. The fourth-order valence-corrected chi connectivity index (χ4v) is 2.42. The summed E-state index contributed by atoms with van der Waals surface area (Å²) in [6, 6.07) is 21.5. The molecule has 0 spiro atoms. The van der Waals surface area contributed by atoms with Gasteiger partial charge in [0.1, 0.15) is 0 Å². The minimum Gasteiger partial charge on any atom is -0.378 e. The molecule has 0 fully saturated rings. The quantitative estimate of drug-likeness (QED) is 0.589. The maximum absolute atomic E-state index is 12.2. The van der Waals surface area contributed by atoms with Gasteiger partial charge in [0.05, 0.1) is 6.21 Å². The second-order valence-corrected chi connectivity index (χ2v) is 5.75. The van der Waals surface area contributed by atoms with Crippen LogP contribution in [-0.2, 0) is 0 Å². The molecule has 0 bridgehead atoms. The van der Waals surface area contributed by atoms with Crippen molar-refractivity contribution in [3.05, 3.63) is 77.9 Å². The molecular formula is C20H19N3O. The van der Waals surface area contributed by atoms with Gasteiger partial charge in [-0.1, -0.05) is 42.5 Å². The van der Waals surface area contributed by atoms with Crippen molar-refractivity contribution in [2.45, 2.75) is 0 Å².